The molecule has 5 heteroatoms. The molecule has 0 saturated heterocycles. The molecular formula is C19H16ClNO2S. The average Bonchev–Trinajstić information content (AvgIpc) is 3.04. The molecule has 3 rings (SSSR count). The highest BCUT2D eigenvalue weighted by molar-refractivity contribution is 7.13. The summed E-state index contributed by atoms with van der Waals surface area (Å²) >= 11 is 7.70. The van der Waals surface area contributed by atoms with Crippen LogP contribution in [-0.4, -0.2) is 17.6 Å². The normalized spacial score (nSPS) is 10.6. The van der Waals surface area contributed by atoms with Gasteiger partial charge >= 0.3 is 5.97 Å². The standard InChI is InChI=1S/C19H16ClNO2S/c1-2-23-18(22)11-15-12-24-19(21-15)16-9-8-14(20)10-17(16)13-6-4-3-5-7-13/h3-10,12H,2,11H2,1H3. The van der Waals surface area contributed by atoms with Crippen molar-refractivity contribution in [1.29, 1.82) is 0 Å². The van der Waals surface area contributed by atoms with E-state index in [2.05, 4.69) is 4.98 Å². The monoisotopic (exact) mass is 357 g/mol. The molecule has 0 unspecified atom stereocenters. The number of carbonyl (C=O) groups excluding carboxylic acids is 1. The fourth-order valence-corrected chi connectivity index (χ4v) is 3.46. The first-order chi connectivity index (χ1) is 11.7. The third kappa shape index (κ3) is 3.83. The number of esters is 1. The molecule has 0 aliphatic carbocycles. The molecule has 0 saturated carbocycles. The molecule has 0 spiro atoms. The summed E-state index contributed by atoms with van der Waals surface area (Å²) in [4.78, 5) is 16.2. The molecule has 0 aliphatic rings. The van der Waals surface area contributed by atoms with E-state index in [4.69, 9.17) is 16.3 Å². The van der Waals surface area contributed by atoms with Gasteiger partial charge in [0.15, 0.2) is 0 Å². The van der Waals surface area contributed by atoms with Gasteiger partial charge in [-0.3, -0.25) is 4.79 Å². The summed E-state index contributed by atoms with van der Waals surface area (Å²) in [5.74, 6) is -0.256. The molecule has 122 valence electrons. The molecular weight excluding hydrogens is 342 g/mol. The van der Waals surface area contributed by atoms with Crippen LogP contribution in [0.15, 0.2) is 53.9 Å². The molecule has 0 N–H and O–H groups in total. The summed E-state index contributed by atoms with van der Waals surface area (Å²) in [6.07, 6.45) is 0.193. The first-order valence-corrected chi connectivity index (χ1v) is 8.88. The number of aromatic nitrogens is 1. The van der Waals surface area contributed by atoms with Crippen molar-refractivity contribution in [1.82, 2.24) is 4.98 Å². The number of ether oxygens (including phenoxy) is 1. The van der Waals surface area contributed by atoms with E-state index in [1.165, 1.54) is 11.3 Å². The number of halogens is 1. The third-order valence-electron chi connectivity index (χ3n) is 3.48. The predicted octanol–water partition coefficient (Wildman–Crippen LogP) is 5.24. The maximum Gasteiger partial charge on any atom is 0.311 e. The van der Waals surface area contributed by atoms with Crippen LogP contribution >= 0.6 is 22.9 Å². The summed E-state index contributed by atoms with van der Waals surface area (Å²) in [5, 5.41) is 3.45. The Kier molecular flexibility index (Phi) is 5.28. The van der Waals surface area contributed by atoms with E-state index in [9.17, 15) is 4.79 Å². The van der Waals surface area contributed by atoms with Crippen LogP contribution < -0.4 is 0 Å². The van der Waals surface area contributed by atoms with Gasteiger partial charge in [-0.25, -0.2) is 4.98 Å². The van der Waals surface area contributed by atoms with Crippen LogP contribution in [0, 0.1) is 0 Å². The molecule has 24 heavy (non-hydrogen) atoms. The Morgan fingerprint density at radius 2 is 1.96 bits per heavy atom. The lowest BCUT2D eigenvalue weighted by atomic mass is 10.00. The molecule has 0 aliphatic heterocycles. The van der Waals surface area contributed by atoms with Gasteiger partial charge in [0.2, 0.25) is 0 Å². The fourth-order valence-electron chi connectivity index (χ4n) is 2.43. The Labute approximate surface area is 149 Å². The summed E-state index contributed by atoms with van der Waals surface area (Å²) in [5.41, 5.74) is 3.84. The molecule has 0 atom stereocenters. The maximum atomic E-state index is 11.6. The van der Waals surface area contributed by atoms with E-state index in [0.29, 0.717) is 11.6 Å². The van der Waals surface area contributed by atoms with Crippen LogP contribution in [0.4, 0.5) is 0 Å². The van der Waals surface area contributed by atoms with E-state index in [1.54, 1.807) is 6.92 Å². The second-order valence-electron chi connectivity index (χ2n) is 5.18. The average molecular weight is 358 g/mol. The zero-order valence-electron chi connectivity index (χ0n) is 13.2. The molecule has 0 fully saturated rings. The fraction of sp³-hybridized carbons (Fsp3) is 0.158. The van der Waals surface area contributed by atoms with Crippen LogP contribution in [0.2, 0.25) is 5.02 Å². The van der Waals surface area contributed by atoms with E-state index >= 15 is 0 Å². The van der Waals surface area contributed by atoms with Crippen LogP contribution in [-0.2, 0) is 16.0 Å². The molecule has 0 bridgehead atoms. The molecule has 0 amide bonds. The molecule has 1 heterocycles. The molecule has 1 aromatic heterocycles. The van der Waals surface area contributed by atoms with Crippen molar-refractivity contribution in [2.75, 3.05) is 6.61 Å². The van der Waals surface area contributed by atoms with Gasteiger partial charge < -0.3 is 4.74 Å². The lowest BCUT2D eigenvalue weighted by molar-refractivity contribution is -0.142. The Hall–Kier alpha value is -2.17. The lowest BCUT2D eigenvalue weighted by Crippen LogP contribution is -2.07. The van der Waals surface area contributed by atoms with Gasteiger partial charge in [0, 0.05) is 16.0 Å². The number of hydrogen-bond acceptors (Lipinski definition) is 4. The van der Waals surface area contributed by atoms with Crippen LogP contribution in [0.1, 0.15) is 12.6 Å². The highest BCUT2D eigenvalue weighted by Gasteiger charge is 2.13. The lowest BCUT2D eigenvalue weighted by Gasteiger charge is -2.08. The van der Waals surface area contributed by atoms with Crippen molar-refractivity contribution in [3.8, 4) is 21.7 Å². The molecule has 3 nitrogen and oxygen atoms in total. The van der Waals surface area contributed by atoms with Gasteiger partial charge in [-0.2, -0.15) is 0 Å². The van der Waals surface area contributed by atoms with E-state index in [1.807, 2.05) is 53.9 Å². The summed E-state index contributed by atoms with van der Waals surface area (Å²) in [6, 6.07) is 15.8. The van der Waals surface area contributed by atoms with Gasteiger partial charge in [-0.15, -0.1) is 11.3 Å². The van der Waals surface area contributed by atoms with E-state index in [-0.39, 0.29) is 12.4 Å². The Morgan fingerprint density at radius 3 is 2.71 bits per heavy atom. The summed E-state index contributed by atoms with van der Waals surface area (Å²) < 4.78 is 4.98. The van der Waals surface area contributed by atoms with E-state index in [0.717, 1.165) is 27.4 Å². The number of thiazole rings is 1. The minimum atomic E-state index is -0.256. The third-order valence-corrected chi connectivity index (χ3v) is 4.64. The van der Waals surface area contributed by atoms with Crippen molar-refractivity contribution in [2.45, 2.75) is 13.3 Å². The van der Waals surface area contributed by atoms with Crippen LogP contribution in [0.25, 0.3) is 21.7 Å². The number of carbonyl (C=O) groups is 1. The number of hydrogen-bond donors (Lipinski definition) is 0. The maximum absolute atomic E-state index is 11.6. The van der Waals surface area contributed by atoms with Crippen molar-refractivity contribution in [2.24, 2.45) is 0 Å². The van der Waals surface area contributed by atoms with Crippen molar-refractivity contribution in [3.05, 3.63) is 64.6 Å². The first kappa shape index (κ1) is 16.7. The SMILES string of the molecule is CCOC(=O)Cc1csc(-c2ccc(Cl)cc2-c2ccccc2)n1. The second kappa shape index (κ2) is 7.60. The summed E-state index contributed by atoms with van der Waals surface area (Å²) in [6.45, 7) is 2.18. The zero-order valence-corrected chi connectivity index (χ0v) is 14.7. The quantitative estimate of drug-likeness (QED) is 0.586. The van der Waals surface area contributed by atoms with Crippen molar-refractivity contribution < 1.29 is 9.53 Å². The second-order valence-corrected chi connectivity index (χ2v) is 6.48. The smallest absolute Gasteiger partial charge is 0.311 e. The minimum absolute atomic E-state index is 0.193. The molecule has 0 radical (unpaired) electrons. The van der Waals surface area contributed by atoms with Gasteiger partial charge in [0.1, 0.15) is 5.01 Å². The first-order valence-electron chi connectivity index (χ1n) is 7.62. The van der Waals surface area contributed by atoms with Gasteiger partial charge in [-0.1, -0.05) is 41.9 Å². The molecule has 3 aromatic rings. The minimum Gasteiger partial charge on any atom is -0.466 e. The van der Waals surface area contributed by atoms with Gasteiger partial charge in [-0.05, 0) is 36.2 Å². The van der Waals surface area contributed by atoms with Gasteiger partial charge in [0.25, 0.3) is 0 Å². The van der Waals surface area contributed by atoms with E-state index < -0.39 is 0 Å². The topological polar surface area (TPSA) is 39.2 Å². The highest BCUT2D eigenvalue weighted by atomic mass is 35.5. The Bertz CT molecular complexity index is 846. The predicted molar refractivity (Wildman–Crippen MR) is 98.3 cm³/mol. The van der Waals surface area contributed by atoms with Crippen LogP contribution in [0.5, 0.6) is 0 Å². The largest absolute Gasteiger partial charge is 0.466 e. The Morgan fingerprint density at radius 1 is 1.17 bits per heavy atom. The van der Waals surface area contributed by atoms with Gasteiger partial charge in [0.05, 0.1) is 18.7 Å². The van der Waals surface area contributed by atoms with Crippen LogP contribution in [0.3, 0.4) is 0 Å². The highest BCUT2D eigenvalue weighted by Crippen LogP contribution is 2.35. The Balaban J connectivity index is 1.96. The number of benzene rings is 2. The number of rotatable bonds is 5. The zero-order chi connectivity index (χ0) is 16.9. The summed E-state index contributed by atoms with van der Waals surface area (Å²) in [7, 11) is 0. The van der Waals surface area contributed by atoms with Crippen molar-refractivity contribution in [3.63, 3.8) is 0 Å². The number of nitrogens with zero attached hydrogens (tertiary/aromatic N) is 1. The molecule has 2 aromatic carbocycles. The van der Waals surface area contributed by atoms with Crippen molar-refractivity contribution >= 4 is 28.9 Å².